The van der Waals surface area contributed by atoms with E-state index in [1.165, 1.54) is 8.24 Å². The monoisotopic (exact) mass is 282 g/mol. The molecule has 15 heavy (non-hydrogen) atoms. The van der Waals surface area contributed by atoms with Crippen molar-refractivity contribution in [3.05, 3.63) is 47.3 Å². The summed E-state index contributed by atoms with van der Waals surface area (Å²) in [5.74, 6) is 0.162. The Hall–Kier alpha value is -0.891. The number of thiophene rings is 1. The Morgan fingerprint density at radius 2 is 1.87 bits per heavy atom. The van der Waals surface area contributed by atoms with Crippen molar-refractivity contribution in [3.63, 3.8) is 0 Å². The molecule has 1 heterocycles. The van der Waals surface area contributed by atoms with Gasteiger partial charge in [0.15, 0.2) is 0 Å². The normalized spacial score (nSPS) is 10.2. The van der Waals surface area contributed by atoms with E-state index < -0.39 is 0 Å². The number of carbonyl (C=O) groups excluding carboxylic acids is 1. The standard InChI is InChI=1S/C12H10OSSe/c1-9(13)11-7-8-12(14-11)15-10-5-3-2-4-6-10/h2-8H,1H3. The molecule has 1 nitrogen and oxygen atoms in total. The quantitative estimate of drug-likeness (QED) is 0.617. The first-order valence-corrected chi connectivity index (χ1v) is 7.12. The van der Waals surface area contributed by atoms with Crippen molar-refractivity contribution < 1.29 is 4.79 Å². The minimum atomic E-state index is 0.162. The molecule has 0 fully saturated rings. The van der Waals surface area contributed by atoms with Crippen LogP contribution in [0.3, 0.4) is 0 Å². The van der Waals surface area contributed by atoms with E-state index in [0.717, 1.165) is 4.88 Å². The summed E-state index contributed by atoms with van der Waals surface area (Å²) in [6, 6.07) is 14.4. The molecular weight excluding hydrogens is 271 g/mol. The molecule has 2 rings (SSSR count). The fourth-order valence-electron chi connectivity index (χ4n) is 1.17. The zero-order chi connectivity index (χ0) is 10.7. The first-order chi connectivity index (χ1) is 7.25. The number of rotatable bonds is 3. The third-order valence-electron chi connectivity index (χ3n) is 1.89. The third-order valence-corrected chi connectivity index (χ3v) is 5.60. The first-order valence-electron chi connectivity index (χ1n) is 4.59. The maximum atomic E-state index is 11.1. The van der Waals surface area contributed by atoms with E-state index in [9.17, 15) is 4.79 Å². The summed E-state index contributed by atoms with van der Waals surface area (Å²) in [6.45, 7) is 1.62. The van der Waals surface area contributed by atoms with Crippen LogP contribution in [-0.4, -0.2) is 20.7 Å². The summed E-state index contributed by atoms with van der Waals surface area (Å²) in [7, 11) is 0. The molecule has 76 valence electrons. The molecule has 0 radical (unpaired) electrons. The Bertz CT molecular complexity index is 461. The summed E-state index contributed by atoms with van der Waals surface area (Å²) < 4.78 is 2.65. The Labute approximate surface area is 99.3 Å². The van der Waals surface area contributed by atoms with Crippen LogP contribution >= 0.6 is 11.3 Å². The Kier molecular flexibility index (Phi) is 3.37. The summed E-state index contributed by atoms with van der Waals surface area (Å²) in [4.78, 5) is 12.0. The van der Waals surface area contributed by atoms with Gasteiger partial charge in [-0.3, -0.25) is 0 Å². The predicted molar refractivity (Wildman–Crippen MR) is 65.8 cm³/mol. The molecule has 0 aliphatic rings. The van der Waals surface area contributed by atoms with Crippen molar-refractivity contribution in [2.24, 2.45) is 0 Å². The fourth-order valence-corrected chi connectivity index (χ4v) is 4.56. The van der Waals surface area contributed by atoms with Gasteiger partial charge in [-0.25, -0.2) is 0 Å². The van der Waals surface area contributed by atoms with Crippen molar-refractivity contribution in [2.75, 3.05) is 0 Å². The molecule has 0 aliphatic heterocycles. The molecule has 1 aromatic heterocycles. The van der Waals surface area contributed by atoms with Gasteiger partial charge in [0.25, 0.3) is 0 Å². The van der Waals surface area contributed by atoms with Crippen LogP contribution in [0.15, 0.2) is 42.5 Å². The van der Waals surface area contributed by atoms with E-state index in [2.05, 4.69) is 30.3 Å². The SMILES string of the molecule is CC(=O)c1ccc([Se]c2ccccc2)s1. The molecule has 2 aromatic rings. The maximum absolute atomic E-state index is 11.1. The molecule has 0 N–H and O–H groups in total. The first kappa shape index (κ1) is 10.6. The van der Waals surface area contributed by atoms with Crippen molar-refractivity contribution in [1.29, 1.82) is 0 Å². The molecule has 0 saturated heterocycles. The van der Waals surface area contributed by atoms with E-state index >= 15 is 0 Å². The molecule has 0 spiro atoms. The van der Waals surface area contributed by atoms with Gasteiger partial charge < -0.3 is 0 Å². The summed E-state index contributed by atoms with van der Waals surface area (Å²) in [6.07, 6.45) is 0. The van der Waals surface area contributed by atoms with Crippen molar-refractivity contribution in [3.8, 4) is 0 Å². The zero-order valence-corrected chi connectivity index (χ0v) is 10.8. The van der Waals surface area contributed by atoms with Gasteiger partial charge in [0.05, 0.1) is 0 Å². The average molecular weight is 281 g/mol. The van der Waals surface area contributed by atoms with Crippen LogP contribution in [-0.2, 0) is 0 Å². The van der Waals surface area contributed by atoms with Gasteiger partial charge in [0.1, 0.15) is 0 Å². The van der Waals surface area contributed by atoms with Crippen LogP contribution in [0, 0.1) is 0 Å². The van der Waals surface area contributed by atoms with Crippen LogP contribution in [0.4, 0.5) is 0 Å². The summed E-state index contributed by atoms with van der Waals surface area (Å²) >= 11 is 1.95. The van der Waals surface area contributed by atoms with Gasteiger partial charge in [0, 0.05) is 0 Å². The van der Waals surface area contributed by atoms with Crippen LogP contribution in [0.5, 0.6) is 0 Å². The van der Waals surface area contributed by atoms with E-state index in [-0.39, 0.29) is 5.78 Å². The Balaban J connectivity index is 2.15. The third kappa shape index (κ3) is 2.78. The number of ketones is 1. The van der Waals surface area contributed by atoms with Gasteiger partial charge in [-0.2, -0.15) is 0 Å². The van der Waals surface area contributed by atoms with E-state index in [4.69, 9.17) is 0 Å². The van der Waals surface area contributed by atoms with Gasteiger partial charge in [-0.1, -0.05) is 0 Å². The topological polar surface area (TPSA) is 17.1 Å². The molecule has 3 heteroatoms. The number of benzene rings is 1. The molecule has 0 atom stereocenters. The van der Waals surface area contributed by atoms with Crippen LogP contribution < -0.4 is 8.24 Å². The average Bonchev–Trinajstić information content (AvgIpc) is 2.68. The van der Waals surface area contributed by atoms with Crippen molar-refractivity contribution >= 4 is 40.3 Å². The van der Waals surface area contributed by atoms with E-state index in [0.29, 0.717) is 15.0 Å². The second-order valence-electron chi connectivity index (χ2n) is 3.09. The summed E-state index contributed by atoms with van der Waals surface area (Å²) in [5, 5.41) is 0. The van der Waals surface area contributed by atoms with Gasteiger partial charge in [-0.15, -0.1) is 0 Å². The molecule has 1 aromatic carbocycles. The fraction of sp³-hybridized carbons (Fsp3) is 0.0833. The van der Waals surface area contributed by atoms with E-state index in [1.807, 2.05) is 12.1 Å². The molecule has 0 aliphatic carbocycles. The molecule has 0 bridgehead atoms. The molecule has 0 amide bonds. The number of Topliss-reactive ketones (excluding diaryl/α,β-unsaturated/α-hetero) is 1. The molecular formula is C12H10OSSe. The predicted octanol–water partition coefficient (Wildman–Crippen LogP) is 1.61. The minimum absolute atomic E-state index is 0.162. The number of hydrogen-bond acceptors (Lipinski definition) is 2. The van der Waals surface area contributed by atoms with Crippen LogP contribution in [0.25, 0.3) is 0 Å². The van der Waals surface area contributed by atoms with Crippen molar-refractivity contribution in [1.82, 2.24) is 0 Å². The number of hydrogen-bond donors (Lipinski definition) is 0. The van der Waals surface area contributed by atoms with Gasteiger partial charge in [-0.05, 0) is 0 Å². The second kappa shape index (κ2) is 4.75. The number of carbonyl (C=O) groups is 1. The molecule has 0 saturated carbocycles. The summed E-state index contributed by atoms with van der Waals surface area (Å²) in [5.41, 5.74) is 0. The Morgan fingerprint density at radius 1 is 1.13 bits per heavy atom. The van der Waals surface area contributed by atoms with Crippen LogP contribution in [0.2, 0.25) is 0 Å². The van der Waals surface area contributed by atoms with Gasteiger partial charge >= 0.3 is 99.4 Å². The van der Waals surface area contributed by atoms with E-state index in [1.54, 1.807) is 18.3 Å². The molecule has 0 unspecified atom stereocenters. The zero-order valence-electron chi connectivity index (χ0n) is 8.27. The van der Waals surface area contributed by atoms with Gasteiger partial charge in [0.2, 0.25) is 0 Å². The second-order valence-corrected chi connectivity index (χ2v) is 7.10. The van der Waals surface area contributed by atoms with Crippen LogP contribution in [0.1, 0.15) is 16.6 Å². The van der Waals surface area contributed by atoms with Crippen molar-refractivity contribution in [2.45, 2.75) is 6.92 Å². The Morgan fingerprint density at radius 3 is 2.47 bits per heavy atom.